The monoisotopic (exact) mass is 460 g/mol. The average molecular weight is 461 g/mol. The summed E-state index contributed by atoms with van der Waals surface area (Å²) >= 11 is 5.84. The highest BCUT2D eigenvalue weighted by atomic mass is 32.1. The zero-order valence-electron chi connectivity index (χ0n) is 19.1. The number of aromatic nitrogens is 2. The Labute approximate surface area is 199 Å². The lowest BCUT2D eigenvalue weighted by molar-refractivity contribution is 0.413. The number of ether oxygens (including phenoxy) is 2. The van der Waals surface area contributed by atoms with E-state index in [0.717, 1.165) is 46.9 Å². The Kier molecular flexibility index (Phi) is 7.10. The number of benzene rings is 2. The lowest BCUT2D eigenvalue weighted by atomic mass is 10.1. The molecule has 4 aromatic rings. The highest BCUT2D eigenvalue weighted by Gasteiger charge is 2.16. The smallest absolute Gasteiger partial charge is 0.173 e. The standard InChI is InChI=1S/C26H28N4O2S/c1-18-21(22-16-20(31-2)8-9-23(22)28-18)12-15-30(17-19-10-13-27-14-11-19)26(33)29-24-6-4-5-7-25(24)32-3/h4-11,13-14,16,28H,12,15,17H2,1-3H3,(H,29,33). The number of anilines is 1. The molecule has 6 nitrogen and oxygen atoms in total. The van der Waals surface area contributed by atoms with Gasteiger partial charge in [0.2, 0.25) is 0 Å². The molecule has 2 heterocycles. The van der Waals surface area contributed by atoms with Crippen LogP contribution < -0.4 is 14.8 Å². The van der Waals surface area contributed by atoms with E-state index in [1.165, 1.54) is 10.9 Å². The minimum absolute atomic E-state index is 0.645. The molecule has 0 amide bonds. The third-order valence-electron chi connectivity index (χ3n) is 5.72. The van der Waals surface area contributed by atoms with Gasteiger partial charge in [0.25, 0.3) is 0 Å². The van der Waals surface area contributed by atoms with Crippen molar-refractivity contribution in [2.45, 2.75) is 19.9 Å². The summed E-state index contributed by atoms with van der Waals surface area (Å²) in [6.07, 6.45) is 4.44. The van der Waals surface area contributed by atoms with E-state index in [1.54, 1.807) is 26.6 Å². The van der Waals surface area contributed by atoms with Crippen LogP contribution in [0.15, 0.2) is 67.0 Å². The fraction of sp³-hybridized carbons (Fsp3) is 0.231. The Morgan fingerprint density at radius 3 is 2.61 bits per heavy atom. The third-order valence-corrected chi connectivity index (χ3v) is 6.08. The summed E-state index contributed by atoms with van der Waals surface area (Å²) in [6.45, 7) is 3.53. The molecule has 0 aliphatic heterocycles. The highest BCUT2D eigenvalue weighted by Crippen LogP contribution is 2.28. The van der Waals surface area contributed by atoms with Gasteiger partial charge in [-0.05, 0) is 79.2 Å². The van der Waals surface area contributed by atoms with Gasteiger partial charge in [0.1, 0.15) is 11.5 Å². The second-order valence-electron chi connectivity index (χ2n) is 7.80. The van der Waals surface area contributed by atoms with Gasteiger partial charge in [0.05, 0.1) is 19.9 Å². The molecule has 0 saturated carbocycles. The fourth-order valence-electron chi connectivity index (χ4n) is 3.96. The van der Waals surface area contributed by atoms with Gasteiger partial charge in [-0.1, -0.05) is 12.1 Å². The predicted molar refractivity (Wildman–Crippen MR) is 137 cm³/mol. The van der Waals surface area contributed by atoms with Crippen molar-refractivity contribution in [3.05, 3.63) is 83.8 Å². The van der Waals surface area contributed by atoms with Crippen molar-refractivity contribution in [3.63, 3.8) is 0 Å². The Bertz CT molecular complexity index is 1240. The summed E-state index contributed by atoms with van der Waals surface area (Å²) < 4.78 is 10.9. The molecule has 0 unspecified atom stereocenters. The number of thiocarbonyl (C=S) groups is 1. The van der Waals surface area contributed by atoms with Gasteiger partial charge in [-0.2, -0.15) is 0 Å². The van der Waals surface area contributed by atoms with Crippen molar-refractivity contribution < 1.29 is 9.47 Å². The van der Waals surface area contributed by atoms with E-state index < -0.39 is 0 Å². The van der Waals surface area contributed by atoms with Crippen LogP contribution in [-0.4, -0.2) is 40.7 Å². The molecule has 0 aliphatic rings. The number of hydrogen-bond donors (Lipinski definition) is 2. The zero-order valence-corrected chi connectivity index (χ0v) is 19.9. The summed E-state index contributed by atoms with van der Waals surface area (Å²) in [5, 5.41) is 5.20. The van der Waals surface area contributed by atoms with E-state index in [2.05, 4.69) is 39.2 Å². The molecule has 0 aliphatic carbocycles. The molecule has 0 bridgehead atoms. The maximum absolute atomic E-state index is 5.84. The van der Waals surface area contributed by atoms with Gasteiger partial charge in [-0.3, -0.25) is 4.98 Å². The minimum atomic E-state index is 0.645. The first-order chi connectivity index (χ1) is 16.1. The van der Waals surface area contributed by atoms with Crippen molar-refractivity contribution >= 4 is 33.9 Å². The maximum atomic E-state index is 5.84. The Morgan fingerprint density at radius 1 is 1.06 bits per heavy atom. The molecule has 2 aromatic heterocycles. The number of pyridine rings is 1. The number of hydrogen-bond acceptors (Lipinski definition) is 4. The van der Waals surface area contributed by atoms with Crippen LogP contribution in [0.2, 0.25) is 0 Å². The van der Waals surface area contributed by atoms with E-state index >= 15 is 0 Å². The first-order valence-corrected chi connectivity index (χ1v) is 11.2. The van der Waals surface area contributed by atoms with Crippen molar-refractivity contribution in [1.29, 1.82) is 0 Å². The van der Waals surface area contributed by atoms with Crippen LogP contribution in [0.1, 0.15) is 16.8 Å². The molecular formula is C26H28N4O2S. The molecule has 2 aromatic carbocycles. The number of methoxy groups -OCH3 is 2. The average Bonchev–Trinajstić information content (AvgIpc) is 3.16. The second kappa shape index (κ2) is 10.4. The molecule has 0 fully saturated rings. The predicted octanol–water partition coefficient (Wildman–Crippen LogP) is 5.33. The van der Waals surface area contributed by atoms with Crippen molar-refractivity contribution in [1.82, 2.24) is 14.9 Å². The van der Waals surface area contributed by atoms with Crippen LogP contribution in [-0.2, 0) is 13.0 Å². The Morgan fingerprint density at radius 2 is 1.85 bits per heavy atom. The molecule has 7 heteroatoms. The van der Waals surface area contributed by atoms with Gasteiger partial charge in [0, 0.05) is 42.1 Å². The molecule has 0 atom stereocenters. The van der Waals surface area contributed by atoms with Crippen LogP contribution in [0.4, 0.5) is 5.69 Å². The van der Waals surface area contributed by atoms with Gasteiger partial charge in [-0.15, -0.1) is 0 Å². The SMILES string of the molecule is COc1ccc2[nH]c(C)c(CCN(Cc3ccncc3)C(=S)Nc3ccccc3OC)c2c1. The second-order valence-corrected chi connectivity index (χ2v) is 8.18. The van der Waals surface area contributed by atoms with E-state index in [4.69, 9.17) is 21.7 Å². The topological polar surface area (TPSA) is 62.4 Å². The maximum Gasteiger partial charge on any atom is 0.173 e. The molecule has 0 spiro atoms. The summed E-state index contributed by atoms with van der Waals surface area (Å²) in [5.74, 6) is 1.60. The number of para-hydroxylation sites is 2. The summed E-state index contributed by atoms with van der Waals surface area (Å²) in [6, 6.07) is 17.9. The number of aromatic amines is 1. The largest absolute Gasteiger partial charge is 0.497 e. The molecule has 4 rings (SSSR count). The van der Waals surface area contributed by atoms with Gasteiger partial charge < -0.3 is 24.7 Å². The first-order valence-electron chi connectivity index (χ1n) is 10.8. The molecule has 2 N–H and O–H groups in total. The van der Waals surface area contributed by atoms with Crippen molar-refractivity contribution in [3.8, 4) is 11.5 Å². The molecular weight excluding hydrogens is 432 g/mol. The number of aryl methyl sites for hydroxylation is 1. The van der Waals surface area contributed by atoms with E-state index in [9.17, 15) is 0 Å². The lowest BCUT2D eigenvalue weighted by Crippen LogP contribution is -2.36. The summed E-state index contributed by atoms with van der Waals surface area (Å²) in [7, 11) is 3.35. The quantitative estimate of drug-likeness (QED) is 0.347. The number of fused-ring (bicyclic) bond motifs is 1. The fourth-order valence-corrected chi connectivity index (χ4v) is 4.23. The van der Waals surface area contributed by atoms with Crippen LogP contribution in [0.25, 0.3) is 10.9 Å². The summed E-state index contributed by atoms with van der Waals surface area (Å²) in [4.78, 5) is 9.80. The van der Waals surface area contributed by atoms with Crippen LogP contribution in [0.3, 0.4) is 0 Å². The lowest BCUT2D eigenvalue weighted by Gasteiger charge is -2.26. The van der Waals surface area contributed by atoms with Crippen molar-refractivity contribution in [2.24, 2.45) is 0 Å². The normalized spacial score (nSPS) is 10.8. The number of rotatable bonds is 8. The van der Waals surface area contributed by atoms with Gasteiger partial charge in [-0.25, -0.2) is 0 Å². The third kappa shape index (κ3) is 5.26. The minimum Gasteiger partial charge on any atom is -0.497 e. The Balaban J connectivity index is 1.58. The van der Waals surface area contributed by atoms with Crippen molar-refractivity contribution in [2.75, 3.05) is 26.1 Å². The first kappa shape index (κ1) is 22.6. The van der Waals surface area contributed by atoms with Crippen LogP contribution in [0, 0.1) is 6.92 Å². The number of nitrogens with zero attached hydrogens (tertiary/aromatic N) is 2. The number of H-pyrrole nitrogens is 1. The summed E-state index contributed by atoms with van der Waals surface area (Å²) in [5.41, 5.74) is 5.53. The van der Waals surface area contributed by atoms with E-state index in [0.29, 0.717) is 11.7 Å². The van der Waals surface area contributed by atoms with E-state index in [-0.39, 0.29) is 0 Å². The number of nitrogens with one attached hydrogen (secondary N) is 2. The van der Waals surface area contributed by atoms with Gasteiger partial charge >= 0.3 is 0 Å². The van der Waals surface area contributed by atoms with Gasteiger partial charge in [0.15, 0.2) is 5.11 Å². The van der Waals surface area contributed by atoms with Crippen LogP contribution in [0.5, 0.6) is 11.5 Å². The highest BCUT2D eigenvalue weighted by molar-refractivity contribution is 7.80. The molecule has 33 heavy (non-hydrogen) atoms. The molecule has 0 saturated heterocycles. The molecule has 170 valence electrons. The van der Waals surface area contributed by atoms with Crippen LogP contribution >= 0.6 is 12.2 Å². The Hall–Kier alpha value is -3.58. The van der Waals surface area contributed by atoms with E-state index in [1.807, 2.05) is 42.5 Å². The molecule has 0 radical (unpaired) electrons. The zero-order chi connectivity index (χ0) is 23.2.